The summed E-state index contributed by atoms with van der Waals surface area (Å²) in [6.45, 7) is 8.23. The molecule has 32 heavy (non-hydrogen) atoms. The number of hydrogen-bond acceptors (Lipinski definition) is 5. The van der Waals surface area contributed by atoms with Crippen LogP contribution in [0.1, 0.15) is 41.4 Å². The zero-order valence-corrected chi connectivity index (χ0v) is 20.6. The van der Waals surface area contributed by atoms with E-state index in [4.69, 9.17) is 16.3 Å². The van der Waals surface area contributed by atoms with Gasteiger partial charge in [-0.2, -0.15) is 0 Å². The maximum atomic E-state index is 13.0. The Balaban J connectivity index is 2.24. The van der Waals surface area contributed by atoms with Crippen LogP contribution in [0.5, 0.6) is 0 Å². The number of halogens is 1. The van der Waals surface area contributed by atoms with Crippen molar-refractivity contribution in [3.05, 3.63) is 64.2 Å². The highest BCUT2D eigenvalue weighted by Crippen LogP contribution is 2.27. The molecule has 2 rings (SSSR count). The van der Waals surface area contributed by atoms with Crippen LogP contribution >= 0.6 is 11.6 Å². The highest BCUT2D eigenvalue weighted by Gasteiger charge is 2.23. The molecule has 2 N–H and O–H groups in total. The number of carbonyl (C=O) groups is 1. The first-order chi connectivity index (χ1) is 15.2. The van der Waals surface area contributed by atoms with E-state index in [0.29, 0.717) is 22.7 Å². The molecule has 2 aromatic rings. The van der Waals surface area contributed by atoms with Crippen LogP contribution in [0.3, 0.4) is 0 Å². The van der Waals surface area contributed by atoms with Gasteiger partial charge >= 0.3 is 0 Å². The van der Waals surface area contributed by atoms with Crippen molar-refractivity contribution in [2.75, 3.05) is 39.9 Å². The van der Waals surface area contributed by atoms with Crippen molar-refractivity contribution in [3.63, 3.8) is 0 Å². The average molecular weight is 482 g/mol. The number of nitrogens with zero attached hydrogens (tertiary/aromatic N) is 1. The van der Waals surface area contributed by atoms with Crippen LogP contribution < -0.4 is 10.0 Å². The molecule has 0 aliphatic carbocycles. The number of sulfonamides is 1. The lowest BCUT2D eigenvalue weighted by molar-refractivity contribution is 0.0934. The van der Waals surface area contributed by atoms with E-state index in [-0.39, 0.29) is 30.0 Å². The Hall–Kier alpha value is -1.97. The predicted molar refractivity (Wildman–Crippen MR) is 128 cm³/mol. The number of hydrogen-bond donors (Lipinski definition) is 2. The maximum absolute atomic E-state index is 13.0. The van der Waals surface area contributed by atoms with Gasteiger partial charge in [-0.15, -0.1) is 0 Å². The van der Waals surface area contributed by atoms with E-state index in [9.17, 15) is 13.2 Å². The Morgan fingerprint density at radius 3 is 2.47 bits per heavy atom. The van der Waals surface area contributed by atoms with Crippen molar-refractivity contribution in [1.82, 2.24) is 14.9 Å². The standard InChI is InChI=1S/C23H32ClN3O4S/c1-5-27(6-2)22(19-9-7-8-10-21(19)24)16-25-23(28)20-15-18(12-11-17(20)3)32(29,30)26-13-14-31-4/h7-12,15,22,26H,5-6,13-14,16H2,1-4H3,(H,25,28). The lowest BCUT2D eigenvalue weighted by atomic mass is 10.0. The minimum atomic E-state index is -3.74. The number of likely N-dealkylation sites (N-methyl/N-ethyl adjacent to an activating group) is 1. The van der Waals surface area contributed by atoms with Gasteiger partial charge in [-0.25, -0.2) is 13.1 Å². The number of benzene rings is 2. The maximum Gasteiger partial charge on any atom is 0.251 e. The Bertz CT molecular complexity index is 1010. The first kappa shape index (κ1) is 26.3. The molecule has 0 aromatic heterocycles. The van der Waals surface area contributed by atoms with Gasteiger partial charge < -0.3 is 10.1 Å². The normalized spacial score (nSPS) is 12.7. The van der Waals surface area contributed by atoms with Crippen molar-refractivity contribution in [2.24, 2.45) is 0 Å². The van der Waals surface area contributed by atoms with Crippen LogP contribution in [0, 0.1) is 6.92 Å². The SMILES string of the molecule is CCN(CC)C(CNC(=O)c1cc(S(=O)(=O)NCCOC)ccc1C)c1ccccc1Cl. The second-order valence-corrected chi connectivity index (χ2v) is 9.51. The summed E-state index contributed by atoms with van der Waals surface area (Å²) in [5, 5.41) is 3.61. The molecular weight excluding hydrogens is 450 g/mol. The molecule has 0 heterocycles. The molecule has 1 unspecified atom stereocenters. The third-order valence-electron chi connectivity index (χ3n) is 5.34. The summed E-state index contributed by atoms with van der Waals surface area (Å²) in [5.41, 5.74) is 1.95. The molecule has 1 atom stereocenters. The first-order valence-corrected chi connectivity index (χ1v) is 12.5. The number of amides is 1. The summed E-state index contributed by atoms with van der Waals surface area (Å²) in [6, 6.07) is 12.0. The highest BCUT2D eigenvalue weighted by atomic mass is 35.5. The Morgan fingerprint density at radius 2 is 1.84 bits per heavy atom. The van der Waals surface area contributed by atoms with Crippen molar-refractivity contribution in [3.8, 4) is 0 Å². The molecule has 0 aliphatic rings. The van der Waals surface area contributed by atoms with E-state index >= 15 is 0 Å². The topological polar surface area (TPSA) is 87.7 Å². The number of methoxy groups -OCH3 is 1. The van der Waals surface area contributed by atoms with Gasteiger partial charge in [0.2, 0.25) is 10.0 Å². The Labute approximate surface area is 196 Å². The van der Waals surface area contributed by atoms with Gasteiger partial charge in [0.05, 0.1) is 17.5 Å². The molecule has 0 fully saturated rings. The predicted octanol–water partition coefficient (Wildman–Crippen LogP) is 3.39. The number of nitrogens with one attached hydrogen (secondary N) is 2. The van der Waals surface area contributed by atoms with Gasteiger partial charge in [-0.05, 0) is 49.3 Å². The third-order valence-corrected chi connectivity index (χ3v) is 7.14. The molecule has 1 amide bonds. The van der Waals surface area contributed by atoms with E-state index in [1.54, 1.807) is 13.0 Å². The quantitative estimate of drug-likeness (QED) is 0.454. The van der Waals surface area contributed by atoms with Gasteiger partial charge in [0, 0.05) is 30.8 Å². The lowest BCUT2D eigenvalue weighted by Crippen LogP contribution is -2.38. The van der Waals surface area contributed by atoms with Gasteiger partial charge in [-0.1, -0.05) is 49.7 Å². The molecule has 0 saturated carbocycles. The molecule has 2 aromatic carbocycles. The van der Waals surface area contributed by atoms with Crippen molar-refractivity contribution >= 4 is 27.5 Å². The zero-order valence-electron chi connectivity index (χ0n) is 19.0. The second-order valence-electron chi connectivity index (χ2n) is 7.34. The van der Waals surface area contributed by atoms with E-state index < -0.39 is 10.0 Å². The molecular formula is C23H32ClN3O4S. The minimum absolute atomic E-state index is 0.0377. The fraction of sp³-hybridized carbons (Fsp3) is 0.435. The summed E-state index contributed by atoms with van der Waals surface area (Å²) in [5.74, 6) is -0.333. The number of carbonyl (C=O) groups excluding carboxylic acids is 1. The Morgan fingerprint density at radius 1 is 1.16 bits per heavy atom. The van der Waals surface area contributed by atoms with Crippen molar-refractivity contribution < 1.29 is 17.9 Å². The van der Waals surface area contributed by atoms with Gasteiger partial charge in [0.15, 0.2) is 0 Å². The zero-order chi connectivity index (χ0) is 23.7. The summed E-state index contributed by atoms with van der Waals surface area (Å²) in [4.78, 5) is 15.3. The summed E-state index contributed by atoms with van der Waals surface area (Å²) in [6.07, 6.45) is 0. The Kier molecular flexibility index (Phi) is 10.1. The highest BCUT2D eigenvalue weighted by molar-refractivity contribution is 7.89. The van der Waals surface area contributed by atoms with Gasteiger partial charge in [0.25, 0.3) is 5.91 Å². The van der Waals surface area contributed by atoms with E-state index in [0.717, 1.165) is 18.7 Å². The largest absolute Gasteiger partial charge is 0.383 e. The van der Waals surface area contributed by atoms with Crippen molar-refractivity contribution in [2.45, 2.75) is 31.7 Å². The molecule has 176 valence electrons. The van der Waals surface area contributed by atoms with E-state index in [1.165, 1.54) is 19.2 Å². The molecule has 9 heteroatoms. The molecule has 7 nitrogen and oxygen atoms in total. The molecule has 0 aliphatic heterocycles. The summed E-state index contributed by atoms with van der Waals surface area (Å²) in [7, 11) is -2.25. The number of aryl methyl sites for hydroxylation is 1. The second kappa shape index (κ2) is 12.3. The smallest absolute Gasteiger partial charge is 0.251 e. The van der Waals surface area contributed by atoms with Crippen LogP contribution in [0.2, 0.25) is 5.02 Å². The monoisotopic (exact) mass is 481 g/mol. The molecule has 0 spiro atoms. The number of ether oxygens (including phenoxy) is 1. The van der Waals surface area contributed by atoms with E-state index in [2.05, 4.69) is 28.8 Å². The van der Waals surface area contributed by atoms with Crippen LogP contribution in [-0.4, -0.2) is 59.1 Å². The first-order valence-electron chi connectivity index (χ1n) is 10.6. The van der Waals surface area contributed by atoms with Gasteiger partial charge in [-0.3, -0.25) is 9.69 Å². The summed E-state index contributed by atoms with van der Waals surface area (Å²) < 4.78 is 32.4. The third kappa shape index (κ3) is 6.76. The average Bonchev–Trinajstić information content (AvgIpc) is 2.77. The fourth-order valence-corrected chi connectivity index (χ4v) is 4.80. The number of rotatable bonds is 12. The van der Waals surface area contributed by atoms with Gasteiger partial charge in [0.1, 0.15) is 0 Å². The lowest BCUT2D eigenvalue weighted by Gasteiger charge is -2.31. The van der Waals surface area contributed by atoms with Crippen LogP contribution in [0.15, 0.2) is 47.4 Å². The fourth-order valence-electron chi connectivity index (χ4n) is 3.50. The van der Waals surface area contributed by atoms with Crippen LogP contribution in [0.25, 0.3) is 0 Å². The molecule has 0 bridgehead atoms. The minimum Gasteiger partial charge on any atom is -0.383 e. The van der Waals surface area contributed by atoms with Crippen LogP contribution in [0.4, 0.5) is 0 Å². The van der Waals surface area contributed by atoms with Crippen LogP contribution in [-0.2, 0) is 14.8 Å². The van der Waals surface area contributed by atoms with Crippen molar-refractivity contribution in [1.29, 1.82) is 0 Å². The molecule has 0 radical (unpaired) electrons. The van der Waals surface area contributed by atoms with E-state index in [1.807, 2.05) is 24.3 Å². The summed E-state index contributed by atoms with van der Waals surface area (Å²) >= 11 is 6.44. The molecule has 0 saturated heterocycles.